The Morgan fingerprint density at radius 3 is 2.50 bits per heavy atom. The Balaban J connectivity index is 0.00000288. The molecule has 0 saturated carbocycles. The fourth-order valence-electron chi connectivity index (χ4n) is 2.64. The van der Waals surface area contributed by atoms with Crippen LogP contribution in [0.4, 0.5) is 0 Å². The number of benzene rings is 1. The first kappa shape index (κ1) is 20.7. The fraction of sp³-hybridized carbons (Fsp3) is 0.556. The number of nitrogens with one attached hydrogen (secondary N) is 2. The van der Waals surface area contributed by atoms with E-state index in [9.17, 15) is 4.79 Å². The summed E-state index contributed by atoms with van der Waals surface area (Å²) in [6, 6.07) is 8.44. The monoisotopic (exact) mass is 444 g/mol. The highest BCUT2D eigenvalue weighted by Gasteiger charge is 2.19. The minimum atomic E-state index is 0. The summed E-state index contributed by atoms with van der Waals surface area (Å²) < 4.78 is 0. The van der Waals surface area contributed by atoms with Crippen LogP contribution in [0.15, 0.2) is 29.3 Å². The zero-order valence-electron chi connectivity index (χ0n) is 14.7. The number of aliphatic imine (C=N–C) groups is 1. The number of unbranched alkanes of at least 4 members (excludes halogenated alkanes) is 1. The van der Waals surface area contributed by atoms with E-state index in [2.05, 4.69) is 46.8 Å². The predicted octanol–water partition coefficient (Wildman–Crippen LogP) is 2.89. The lowest BCUT2D eigenvalue weighted by Crippen LogP contribution is -2.37. The third-order valence-electron chi connectivity index (χ3n) is 4.07. The van der Waals surface area contributed by atoms with Gasteiger partial charge in [-0.05, 0) is 24.0 Å². The van der Waals surface area contributed by atoms with Gasteiger partial charge in [0.25, 0.3) is 0 Å². The summed E-state index contributed by atoms with van der Waals surface area (Å²) in [5, 5.41) is 6.62. The molecule has 0 radical (unpaired) electrons. The quantitative estimate of drug-likeness (QED) is 0.294. The Morgan fingerprint density at radius 1 is 1.21 bits per heavy atom. The van der Waals surface area contributed by atoms with Crippen molar-refractivity contribution in [1.29, 1.82) is 0 Å². The Kier molecular flexibility index (Phi) is 9.75. The lowest BCUT2D eigenvalue weighted by molar-refractivity contribution is -0.128. The third-order valence-corrected chi connectivity index (χ3v) is 4.07. The fourth-order valence-corrected chi connectivity index (χ4v) is 2.64. The van der Waals surface area contributed by atoms with E-state index in [-0.39, 0.29) is 29.9 Å². The van der Waals surface area contributed by atoms with E-state index in [1.54, 1.807) is 7.05 Å². The number of hydrogen-bond donors (Lipinski definition) is 2. The van der Waals surface area contributed by atoms with Crippen molar-refractivity contribution in [3.05, 3.63) is 35.4 Å². The van der Waals surface area contributed by atoms with Crippen LogP contribution < -0.4 is 10.6 Å². The maximum atomic E-state index is 11.7. The highest BCUT2D eigenvalue weighted by atomic mass is 127. The van der Waals surface area contributed by atoms with Gasteiger partial charge in [-0.2, -0.15) is 0 Å². The van der Waals surface area contributed by atoms with Gasteiger partial charge in [-0.25, -0.2) is 0 Å². The van der Waals surface area contributed by atoms with Crippen LogP contribution in [-0.2, 0) is 17.9 Å². The first-order valence-electron chi connectivity index (χ1n) is 8.53. The molecular formula is C18H29IN4O. The molecule has 6 heteroatoms. The van der Waals surface area contributed by atoms with Crippen LogP contribution in [-0.4, -0.2) is 36.9 Å². The van der Waals surface area contributed by atoms with Crippen molar-refractivity contribution in [3.63, 3.8) is 0 Å². The molecule has 2 N–H and O–H groups in total. The normalized spacial score (nSPS) is 14.5. The van der Waals surface area contributed by atoms with Crippen molar-refractivity contribution >= 4 is 35.8 Å². The summed E-state index contributed by atoms with van der Waals surface area (Å²) in [4.78, 5) is 17.8. The maximum Gasteiger partial charge on any atom is 0.222 e. The van der Waals surface area contributed by atoms with Crippen molar-refractivity contribution < 1.29 is 4.79 Å². The SMILES string of the molecule is CCCCNC(=NC)NCc1ccc(CN2CCCC2=O)cc1.I. The van der Waals surface area contributed by atoms with E-state index in [0.717, 1.165) is 45.0 Å². The van der Waals surface area contributed by atoms with Gasteiger partial charge in [-0.15, -0.1) is 24.0 Å². The van der Waals surface area contributed by atoms with Gasteiger partial charge in [-0.3, -0.25) is 9.79 Å². The molecule has 134 valence electrons. The molecule has 1 heterocycles. The second-order valence-corrected chi connectivity index (χ2v) is 5.94. The smallest absolute Gasteiger partial charge is 0.222 e. The first-order valence-corrected chi connectivity index (χ1v) is 8.53. The van der Waals surface area contributed by atoms with Crippen molar-refractivity contribution in [2.24, 2.45) is 4.99 Å². The molecule has 1 fully saturated rings. The van der Waals surface area contributed by atoms with E-state index >= 15 is 0 Å². The average Bonchev–Trinajstić information content (AvgIpc) is 2.97. The zero-order chi connectivity index (χ0) is 16.5. The van der Waals surface area contributed by atoms with Crippen LogP contribution in [0.2, 0.25) is 0 Å². The van der Waals surface area contributed by atoms with Gasteiger partial charge >= 0.3 is 0 Å². The number of amides is 1. The van der Waals surface area contributed by atoms with Gasteiger partial charge in [0.15, 0.2) is 5.96 Å². The highest BCUT2D eigenvalue weighted by Crippen LogP contribution is 2.14. The highest BCUT2D eigenvalue weighted by molar-refractivity contribution is 14.0. The van der Waals surface area contributed by atoms with Crippen LogP contribution >= 0.6 is 24.0 Å². The topological polar surface area (TPSA) is 56.7 Å². The minimum absolute atomic E-state index is 0. The number of carbonyl (C=O) groups is 1. The van der Waals surface area contributed by atoms with Crippen LogP contribution in [0.3, 0.4) is 0 Å². The molecule has 0 aromatic heterocycles. The number of guanidine groups is 1. The molecule has 1 saturated heterocycles. The molecule has 0 aliphatic carbocycles. The van der Waals surface area contributed by atoms with Gasteiger partial charge in [0.05, 0.1) is 0 Å². The van der Waals surface area contributed by atoms with Crippen LogP contribution in [0.5, 0.6) is 0 Å². The third kappa shape index (κ3) is 6.67. The molecular weight excluding hydrogens is 415 g/mol. The van der Waals surface area contributed by atoms with Crippen molar-refractivity contribution in [2.45, 2.75) is 45.7 Å². The molecule has 1 aromatic rings. The molecule has 2 rings (SSSR count). The molecule has 0 bridgehead atoms. The minimum Gasteiger partial charge on any atom is -0.356 e. The molecule has 1 aliphatic heterocycles. The molecule has 24 heavy (non-hydrogen) atoms. The molecule has 0 spiro atoms. The van der Waals surface area contributed by atoms with Crippen molar-refractivity contribution in [2.75, 3.05) is 20.1 Å². The predicted molar refractivity (Wildman–Crippen MR) is 110 cm³/mol. The standard InChI is InChI=1S/C18H28N4O.HI/c1-3-4-11-20-18(19-2)21-13-15-7-9-16(10-8-15)14-22-12-5-6-17(22)23;/h7-10H,3-6,11-14H2,1-2H3,(H2,19,20,21);1H. The average molecular weight is 444 g/mol. The summed E-state index contributed by atoms with van der Waals surface area (Å²) >= 11 is 0. The van der Waals surface area contributed by atoms with E-state index in [4.69, 9.17) is 0 Å². The van der Waals surface area contributed by atoms with Crippen molar-refractivity contribution in [3.8, 4) is 0 Å². The second-order valence-electron chi connectivity index (χ2n) is 5.94. The van der Waals surface area contributed by atoms with E-state index in [1.807, 2.05) is 4.90 Å². The Bertz CT molecular complexity index is 530. The van der Waals surface area contributed by atoms with Crippen LogP contribution in [0, 0.1) is 0 Å². The van der Waals surface area contributed by atoms with Gasteiger partial charge in [0.2, 0.25) is 5.91 Å². The summed E-state index contributed by atoms with van der Waals surface area (Å²) in [6.07, 6.45) is 4.01. The molecule has 0 atom stereocenters. The molecule has 5 nitrogen and oxygen atoms in total. The van der Waals surface area contributed by atoms with Crippen molar-refractivity contribution in [1.82, 2.24) is 15.5 Å². The van der Waals surface area contributed by atoms with Gasteiger partial charge in [-0.1, -0.05) is 37.6 Å². The van der Waals surface area contributed by atoms with E-state index < -0.39 is 0 Å². The number of rotatable bonds is 7. The lowest BCUT2D eigenvalue weighted by Gasteiger charge is -2.16. The number of hydrogen-bond acceptors (Lipinski definition) is 2. The Hall–Kier alpha value is -1.31. The van der Waals surface area contributed by atoms with E-state index in [0.29, 0.717) is 6.42 Å². The number of likely N-dealkylation sites (tertiary alicyclic amines) is 1. The summed E-state index contributed by atoms with van der Waals surface area (Å²) in [5.41, 5.74) is 2.40. The largest absolute Gasteiger partial charge is 0.356 e. The summed E-state index contributed by atoms with van der Waals surface area (Å²) in [6.45, 7) is 5.48. The second kappa shape index (κ2) is 11.3. The Labute approximate surface area is 162 Å². The zero-order valence-corrected chi connectivity index (χ0v) is 17.0. The van der Waals surface area contributed by atoms with Crippen LogP contribution in [0.25, 0.3) is 0 Å². The molecule has 1 aliphatic rings. The van der Waals surface area contributed by atoms with Gasteiger partial charge in [0, 0.05) is 39.6 Å². The molecule has 0 unspecified atom stereocenters. The number of nitrogens with zero attached hydrogens (tertiary/aromatic N) is 2. The van der Waals surface area contributed by atoms with E-state index in [1.165, 1.54) is 17.5 Å². The Morgan fingerprint density at radius 2 is 1.92 bits per heavy atom. The van der Waals surface area contributed by atoms with Gasteiger partial charge < -0.3 is 15.5 Å². The lowest BCUT2D eigenvalue weighted by atomic mass is 10.1. The molecule has 1 amide bonds. The summed E-state index contributed by atoms with van der Waals surface area (Å²) in [5.74, 6) is 1.11. The molecule has 1 aromatic carbocycles. The maximum absolute atomic E-state index is 11.7. The number of halogens is 1. The van der Waals surface area contributed by atoms with Gasteiger partial charge in [0.1, 0.15) is 0 Å². The summed E-state index contributed by atoms with van der Waals surface area (Å²) in [7, 11) is 1.79. The van der Waals surface area contributed by atoms with Crippen LogP contribution in [0.1, 0.15) is 43.7 Å². The first-order chi connectivity index (χ1) is 11.2. The number of carbonyl (C=O) groups excluding carboxylic acids is 1.